The summed E-state index contributed by atoms with van der Waals surface area (Å²) in [5.74, 6) is 0.768. The lowest BCUT2D eigenvalue weighted by Gasteiger charge is -2.13. The first-order valence-electron chi connectivity index (χ1n) is 4.37. The third-order valence-electron chi connectivity index (χ3n) is 1.85. The Bertz CT molecular complexity index is 259. The number of nitrogens with two attached hydrogens (primary N) is 1. The molecule has 0 aromatic heterocycles. The minimum Gasteiger partial charge on any atom is -0.491 e. The summed E-state index contributed by atoms with van der Waals surface area (Å²) in [7, 11) is 1.61. The summed E-state index contributed by atoms with van der Waals surface area (Å²) >= 11 is 5.73. The first-order valence-corrected chi connectivity index (χ1v) is 4.75. The molecule has 0 spiro atoms. The van der Waals surface area contributed by atoms with Crippen LogP contribution < -0.4 is 10.5 Å². The molecular weight excluding hydrogens is 202 g/mol. The van der Waals surface area contributed by atoms with Crippen molar-refractivity contribution in [2.75, 3.05) is 20.3 Å². The van der Waals surface area contributed by atoms with Crippen LogP contribution in [-0.4, -0.2) is 26.4 Å². The van der Waals surface area contributed by atoms with Gasteiger partial charge in [-0.2, -0.15) is 0 Å². The first kappa shape index (κ1) is 11.3. The number of hydrogen-bond donors (Lipinski definition) is 1. The molecule has 1 rings (SSSR count). The van der Waals surface area contributed by atoms with Gasteiger partial charge in [-0.3, -0.25) is 0 Å². The summed E-state index contributed by atoms with van der Waals surface area (Å²) in [5, 5.41) is 0.694. The zero-order valence-corrected chi connectivity index (χ0v) is 8.83. The van der Waals surface area contributed by atoms with E-state index in [1.54, 1.807) is 19.2 Å². The van der Waals surface area contributed by atoms with Gasteiger partial charge in [0.15, 0.2) is 0 Å². The molecule has 0 aliphatic heterocycles. The van der Waals surface area contributed by atoms with Crippen molar-refractivity contribution in [1.29, 1.82) is 0 Å². The van der Waals surface area contributed by atoms with E-state index in [9.17, 15) is 0 Å². The minimum absolute atomic E-state index is 0.0642. The monoisotopic (exact) mass is 215 g/mol. The molecule has 0 saturated carbocycles. The van der Waals surface area contributed by atoms with Crippen LogP contribution in [0.5, 0.6) is 5.75 Å². The second-order valence-corrected chi connectivity index (χ2v) is 3.29. The lowest BCUT2D eigenvalue weighted by molar-refractivity contribution is 0.0644. The SMILES string of the molecule is COC(CN)COc1ccc(Cl)cc1. The maximum absolute atomic E-state index is 5.73. The smallest absolute Gasteiger partial charge is 0.119 e. The molecule has 1 atom stereocenters. The van der Waals surface area contributed by atoms with Crippen LogP contribution in [0.1, 0.15) is 0 Å². The van der Waals surface area contributed by atoms with E-state index in [0.29, 0.717) is 18.2 Å². The summed E-state index contributed by atoms with van der Waals surface area (Å²) in [4.78, 5) is 0. The molecule has 4 heteroatoms. The van der Waals surface area contributed by atoms with Crippen LogP contribution in [0.25, 0.3) is 0 Å². The van der Waals surface area contributed by atoms with Crippen LogP contribution in [0.4, 0.5) is 0 Å². The van der Waals surface area contributed by atoms with Crippen molar-refractivity contribution < 1.29 is 9.47 Å². The van der Waals surface area contributed by atoms with Gasteiger partial charge in [0.1, 0.15) is 18.5 Å². The molecule has 0 heterocycles. The number of ether oxygens (including phenoxy) is 2. The van der Waals surface area contributed by atoms with E-state index >= 15 is 0 Å². The summed E-state index contributed by atoms with van der Waals surface area (Å²) < 4.78 is 10.5. The topological polar surface area (TPSA) is 44.5 Å². The van der Waals surface area contributed by atoms with Gasteiger partial charge in [0.2, 0.25) is 0 Å². The summed E-state index contributed by atoms with van der Waals surface area (Å²) in [6.45, 7) is 0.902. The molecule has 0 aliphatic rings. The Labute approximate surface area is 88.8 Å². The Balaban J connectivity index is 2.41. The van der Waals surface area contributed by atoms with Crippen molar-refractivity contribution in [3.8, 4) is 5.75 Å². The normalized spacial score (nSPS) is 12.5. The summed E-state index contributed by atoms with van der Waals surface area (Å²) in [5.41, 5.74) is 5.45. The molecule has 78 valence electrons. The number of benzene rings is 1. The molecule has 1 unspecified atom stereocenters. The summed E-state index contributed by atoms with van der Waals surface area (Å²) in [6.07, 6.45) is -0.0642. The molecule has 2 N–H and O–H groups in total. The van der Waals surface area contributed by atoms with Gasteiger partial charge in [-0.05, 0) is 24.3 Å². The fourth-order valence-electron chi connectivity index (χ4n) is 0.952. The fraction of sp³-hybridized carbons (Fsp3) is 0.400. The van der Waals surface area contributed by atoms with Crippen LogP contribution in [-0.2, 0) is 4.74 Å². The Kier molecular flexibility index (Phi) is 4.73. The lowest BCUT2D eigenvalue weighted by atomic mass is 10.3. The molecule has 3 nitrogen and oxygen atoms in total. The molecule has 0 saturated heterocycles. The van der Waals surface area contributed by atoms with Crippen molar-refractivity contribution in [3.63, 3.8) is 0 Å². The molecule has 14 heavy (non-hydrogen) atoms. The second kappa shape index (κ2) is 5.86. The molecule has 0 fully saturated rings. The Hall–Kier alpha value is -0.770. The van der Waals surface area contributed by atoms with E-state index < -0.39 is 0 Å². The van der Waals surface area contributed by atoms with Gasteiger partial charge < -0.3 is 15.2 Å². The highest BCUT2D eigenvalue weighted by Crippen LogP contribution is 2.15. The predicted octanol–water partition coefficient (Wildman–Crippen LogP) is 1.69. The van der Waals surface area contributed by atoms with Crippen LogP contribution in [0.2, 0.25) is 5.02 Å². The van der Waals surface area contributed by atoms with Gasteiger partial charge in [0, 0.05) is 18.7 Å². The predicted molar refractivity (Wildman–Crippen MR) is 56.8 cm³/mol. The van der Waals surface area contributed by atoms with Crippen molar-refractivity contribution in [2.24, 2.45) is 5.73 Å². The van der Waals surface area contributed by atoms with Gasteiger partial charge in [0.25, 0.3) is 0 Å². The Morgan fingerprint density at radius 2 is 2.00 bits per heavy atom. The highest BCUT2D eigenvalue weighted by atomic mass is 35.5. The van der Waals surface area contributed by atoms with Gasteiger partial charge in [-0.25, -0.2) is 0 Å². The highest BCUT2D eigenvalue weighted by molar-refractivity contribution is 6.30. The molecule has 1 aromatic carbocycles. The largest absolute Gasteiger partial charge is 0.491 e. The van der Waals surface area contributed by atoms with Crippen molar-refractivity contribution in [2.45, 2.75) is 6.10 Å². The molecule has 0 amide bonds. The zero-order chi connectivity index (χ0) is 10.4. The van der Waals surface area contributed by atoms with Crippen molar-refractivity contribution >= 4 is 11.6 Å². The lowest BCUT2D eigenvalue weighted by Crippen LogP contribution is -2.28. The third kappa shape index (κ3) is 3.54. The van der Waals surface area contributed by atoms with Gasteiger partial charge in [0.05, 0.1) is 0 Å². The molecule has 0 radical (unpaired) electrons. The average molecular weight is 216 g/mol. The number of halogens is 1. The maximum atomic E-state index is 5.73. The van der Waals surface area contributed by atoms with E-state index in [0.717, 1.165) is 5.75 Å². The summed E-state index contributed by atoms with van der Waals surface area (Å²) in [6, 6.07) is 7.18. The quantitative estimate of drug-likeness (QED) is 0.813. The van der Waals surface area contributed by atoms with Crippen molar-refractivity contribution in [1.82, 2.24) is 0 Å². The minimum atomic E-state index is -0.0642. The molecular formula is C10H14ClNO2. The van der Waals surface area contributed by atoms with E-state index in [1.165, 1.54) is 0 Å². The van der Waals surface area contributed by atoms with Gasteiger partial charge in [-0.15, -0.1) is 0 Å². The molecule has 0 aliphatic carbocycles. The number of hydrogen-bond acceptors (Lipinski definition) is 3. The zero-order valence-electron chi connectivity index (χ0n) is 8.07. The van der Waals surface area contributed by atoms with E-state index in [-0.39, 0.29) is 6.10 Å². The highest BCUT2D eigenvalue weighted by Gasteiger charge is 2.04. The van der Waals surface area contributed by atoms with E-state index in [4.69, 9.17) is 26.8 Å². The maximum Gasteiger partial charge on any atom is 0.119 e. The van der Waals surface area contributed by atoms with Gasteiger partial charge in [-0.1, -0.05) is 11.6 Å². The van der Waals surface area contributed by atoms with Crippen LogP contribution >= 0.6 is 11.6 Å². The van der Waals surface area contributed by atoms with Crippen LogP contribution in [0.3, 0.4) is 0 Å². The van der Waals surface area contributed by atoms with Crippen LogP contribution in [0.15, 0.2) is 24.3 Å². The van der Waals surface area contributed by atoms with Crippen molar-refractivity contribution in [3.05, 3.63) is 29.3 Å². The van der Waals surface area contributed by atoms with Gasteiger partial charge >= 0.3 is 0 Å². The second-order valence-electron chi connectivity index (χ2n) is 2.86. The average Bonchev–Trinajstić information content (AvgIpc) is 2.22. The standard InChI is InChI=1S/C10H14ClNO2/c1-13-10(6-12)7-14-9-4-2-8(11)3-5-9/h2-5,10H,6-7,12H2,1H3. The number of methoxy groups -OCH3 is 1. The van der Waals surface area contributed by atoms with Crippen LogP contribution in [0, 0.1) is 0 Å². The first-order chi connectivity index (χ1) is 6.76. The molecule has 1 aromatic rings. The van der Waals surface area contributed by atoms with E-state index in [1.807, 2.05) is 12.1 Å². The van der Waals surface area contributed by atoms with E-state index in [2.05, 4.69) is 0 Å². The molecule has 0 bridgehead atoms. The number of rotatable bonds is 5. The Morgan fingerprint density at radius 1 is 1.36 bits per heavy atom. The fourth-order valence-corrected chi connectivity index (χ4v) is 1.08. The third-order valence-corrected chi connectivity index (χ3v) is 2.10. The Morgan fingerprint density at radius 3 is 2.50 bits per heavy atom.